The van der Waals surface area contributed by atoms with Crippen LogP contribution in [-0.4, -0.2) is 38.3 Å². The standard InChI is InChI=1S/C20H23NO5/c1-3-24-11-12-25-20(23)16-8-6-9-17(13-16)21-19(22)14-26-18-10-5-4-7-15(18)2/h4-10,13H,3,11-12,14H2,1-2H3,(H,21,22). The van der Waals surface area contributed by atoms with E-state index in [2.05, 4.69) is 5.32 Å². The van der Waals surface area contributed by atoms with E-state index < -0.39 is 5.97 Å². The number of aryl methyl sites for hydroxylation is 1. The van der Waals surface area contributed by atoms with Crippen LogP contribution in [0.5, 0.6) is 5.75 Å². The summed E-state index contributed by atoms with van der Waals surface area (Å²) >= 11 is 0. The quantitative estimate of drug-likeness (QED) is 0.551. The Morgan fingerprint density at radius 2 is 1.85 bits per heavy atom. The number of anilines is 1. The third-order valence-electron chi connectivity index (χ3n) is 3.50. The van der Waals surface area contributed by atoms with Gasteiger partial charge in [-0.1, -0.05) is 24.3 Å². The van der Waals surface area contributed by atoms with E-state index in [1.807, 2.05) is 38.1 Å². The molecule has 0 fully saturated rings. The number of rotatable bonds is 9. The molecule has 1 N–H and O–H groups in total. The van der Waals surface area contributed by atoms with Crippen molar-refractivity contribution in [1.82, 2.24) is 0 Å². The highest BCUT2D eigenvalue weighted by Crippen LogP contribution is 2.16. The van der Waals surface area contributed by atoms with Crippen LogP contribution in [0, 0.1) is 6.92 Å². The third-order valence-corrected chi connectivity index (χ3v) is 3.50. The molecule has 1 amide bonds. The summed E-state index contributed by atoms with van der Waals surface area (Å²) in [6.45, 7) is 4.78. The van der Waals surface area contributed by atoms with Crippen LogP contribution in [-0.2, 0) is 14.3 Å². The lowest BCUT2D eigenvalue weighted by Gasteiger charge is -2.10. The first-order chi connectivity index (χ1) is 12.6. The van der Waals surface area contributed by atoms with Crippen LogP contribution in [0.4, 0.5) is 5.69 Å². The van der Waals surface area contributed by atoms with Gasteiger partial charge in [-0.3, -0.25) is 4.79 Å². The predicted octanol–water partition coefficient (Wildman–Crippen LogP) is 3.21. The van der Waals surface area contributed by atoms with Gasteiger partial charge in [0.05, 0.1) is 12.2 Å². The average Bonchev–Trinajstić information content (AvgIpc) is 2.64. The SMILES string of the molecule is CCOCCOC(=O)c1cccc(NC(=O)COc2ccccc2C)c1. The molecule has 0 aliphatic carbocycles. The van der Waals surface area contributed by atoms with Gasteiger partial charge >= 0.3 is 5.97 Å². The summed E-state index contributed by atoms with van der Waals surface area (Å²) in [7, 11) is 0. The Balaban J connectivity index is 1.86. The molecule has 0 aromatic heterocycles. The summed E-state index contributed by atoms with van der Waals surface area (Å²) in [5, 5.41) is 2.71. The predicted molar refractivity (Wildman–Crippen MR) is 98.5 cm³/mol. The van der Waals surface area contributed by atoms with Crippen molar-refractivity contribution in [3.63, 3.8) is 0 Å². The van der Waals surface area contributed by atoms with Crippen LogP contribution in [0.3, 0.4) is 0 Å². The Hall–Kier alpha value is -2.86. The van der Waals surface area contributed by atoms with E-state index in [9.17, 15) is 9.59 Å². The minimum Gasteiger partial charge on any atom is -0.483 e. The summed E-state index contributed by atoms with van der Waals surface area (Å²) < 4.78 is 15.7. The fourth-order valence-electron chi connectivity index (χ4n) is 2.20. The maximum atomic E-state index is 12.1. The minimum atomic E-state index is -0.461. The van der Waals surface area contributed by atoms with Gasteiger partial charge in [-0.25, -0.2) is 4.79 Å². The number of nitrogens with one attached hydrogen (secondary N) is 1. The maximum absolute atomic E-state index is 12.1. The number of hydrogen-bond acceptors (Lipinski definition) is 5. The van der Waals surface area contributed by atoms with E-state index >= 15 is 0 Å². The number of carbonyl (C=O) groups is 2. The lowest BCUT2D eigenvalue weighted by atomic mass is 10.2. The molecule has 138 valence electrons. The molecule has 0 heterocycles. The second-order valence-corrected chi connectivity index (χ2v) is 5.52. The van der Waals surface area contributed by atoms with Crippen LogP contribution in [0.25, 0.3) is 0 Å². The second kappa shape index (κ2) is 10.2. The largest absolute Gasteiger partial charge is 0.483 e. The summed E-state index contributed by atoms with van der Waals surface area (Å²) in [6, 6.07) is 14.0. The molecular weight excluding hydrogens is 334 g/mol. The van der Waals surface area contributed by atoms with Crippen LogP contribution >= 0.6 is 0 Å². The van der Waals surface area contributed by atoms with Crippen molar-refractivity contribution in [3.8, 4) is 5.75 Å². The normalized spacial score (nSPS) is 10.2. The number of para-hydroxylation sites is 1. The molecule has 0 aliphatic heterocycles. The average molecular weight is 357 g/mol. The van der Waals surface area contributed by atoms with Gasteiger partial charge in [0, 0.05) is 12.3 Å². The van der Waals surface area contributed by atoms with Crippen molar-refractivity contribution < 1.29 is 23.8 Å². The fourth-order valence-corrected chi connectivity index (χ4v) is 2.20. The molecule has 2 aromatic carbocycles. The molecule has 2 aromatic rings. The number of carbonyl (C=O) groups excluding carboxylic acids is 2. The molecule has 6 heteroatoms. The summed E-state index contributed by atoms with van der Waals surface area (Å²) in [5.74, 6) is -0.110. The van der Waals surface area contributed by atoms with Crippen molar-refractivity contribution in [3.05, 3.63) is 59.7 Å². The first-order valence-corrected chi connectivity index (χ1v) is 8.43. The Labute approximate surface area is 153 Å². The van der Waals surface area contributed by atoms with Crippen molar-refractivity contribution in [2.45, 2.75) is 13.8 Å². The van der Waals surface area contributed by atoms with Crippen LogP contribution in [0.15, 0.2) is 48.5 Å². The second-order valence-electron chi connectivity index (χ2n) is 5.52. The van der Waals surface area contributed by atoms with Crippen molar-refractivity contribution in [2.75, 3.05) is 31.7 Å². The van der Waals surface area contributed by atoms with E-state index in [1.165, 1.54) is 0 Å². The van der Waals surface area contributed by atoms with Gasteiger partial charge < -0.3 is 19.5 Å². The molecule has 2 rings (SSSR count). The zero-order valence-electron chi connectivity index (χ0n) is 15.0. The van der Waals surface area contributed by atoms with Crippen molar-refractivity contribution in [2.24, 2.45) is 0 Å². The number of benzene rings is 2. The van der Waals surface area contributed by atoms with Crippen LogP contribution < -0.4 is 10.1 Å². The van der Waals surface area contributed by atoms with E-state index in [0.29, 0.717) is 30.2 Å². The molecule has 0 aliphatic rings. The third kappa shape index (κ3) is 6.22. The summed E-state index contributed by atoms with van der Waals surface area (Å²) in [6.07, 6.45) is 0. The van der Waals surface area contributed by atoms with Gasteiger partial charge in [0.2, 0.25) is 0 Å². The highest BCUT2D eigenvalue weighted by molar-refractivity contribution is 5.95. The van der Waals surface area contributed by atoms with E-state index in [4.69, 9.17) is 14.2 Å². The molecule has 0 saturated heterocycles. The van der Waals surface area contributed by atoms with Gasteiger partial charge in [0.15, 0.2) is 6.61 Å². The van der Waals surface area contributed by atoms with Gasteiger partial charge in [-0.15, -0.1) is 0 Å². The first kappa shape index (κ1) is 19.5. The lowest BCUT2D eigenvalue weighted by molar-refractivity contribution is -0.118. The molecule has 0 spiro atoms. The topological polar surface area (TPSA) is 73.9 Å². The Morgan fingerprint density at radius 1 is 1.04 bits per heavy atom. The highest BCUT2D eigenvalue weighted by Gasteiger charge is 2.10. The zero-order valence-corrected chi connectivity index (χ0v) is 15.0. The Morgan fingerprint density at radius 3 is 2.62 bits per heavy atom. The summed E-state index contributed by atoms with van der Waals surface area (Å²) in [5.41, 5.74) is 1.82. The van der Waals surface area contributed by atoms with E-state index in [-0.39, 0.29) is 19.1 Å². The first-order valence-electron chi connectivity index (χ1n) is 8.43. The van der Waals surface area contributed by atoms with Gasteiger partial charge in [0.25, 0.3) is 5.91 Å². The minimum absolute atomic E-state index is 0.117. The Kier molecular flexibility index (Phi) is 7.64. The molecule has 0 atom stereocenters. The van der Waals surface area contributed by atoms with Gasteiger partial charge in [0.1, 0.15) is 12.4 Å². The van der Waals surface area contributed by atoms with Crippen molar-refractivity contribution in [1.29, 1.82) is 0 Å². The molecule has 0 bridgehead atoms. The number of ether oxygens (including phenoxy) is 3. The summed E-state index contributed by atoms with van der Waals surface area (Å²) in [4.78, 5) is 24.0. The molecule has 6 nitrogen and oxygen atoms in total. The van der Waals surface area contributed by atoms with E-state index in [0.717, 1.165) is 5.56 Å². The monoisotopic (exact) mass is 357 g/mol. The van der Waals surface area contributed by atoms with Crippen molar-refractivity contribution >= 4 is 17.6 Å². The Bertz CT molecular complexity index is 744. The maximum Gasteiger partial charge on any atom is 0.338 e. The van der Waals surface area contributed by atoms with Crippen LogP contribution in [0.1, 0.15) is 22.8 Å². The van der Waals surface area contributed by atoms with Crippen LogP contribution in [0.2, 0.25) is 0 Å². The molecular formula is C20H23NO5. The van der Waals surface area contributed by atoms with E-state index in [1.54, 1.807) is 24.3 Å². The molecule has 26 heavy (non-hydrogen) atoms. The molecule has 0 unspecified atom stereocenters. The smallest absolute Gasteiger partial charge is 0.338 e. The number of hydrogen-bond donors (Lipinski definition) is 1. The zero-order chi connectivity index (χ0) is 18.8. The van der Waals surface area contributed by atoms with Gasteiger partial charge in [-0.05, 0) is 43.7 Å². The lowest BCUT2D eigenvalue weighted by Crippen LogP contribution is -2.20. The number of amides is 1. The highest BCUT2D eigenvalue weighted by atomic mass is 16.6. The number of esters is 1. The fraction of sp³-hybridized carbons (Fsp3) is 0.300. The molecule has 0 radical (unpaired) electrons. The van der Waals surface area contributed by atoms with Gasteiger partial charge in [-0.2, -0.15) is 0 Å². The molecule has 0 saturated carbocycles.